The van der Waals surface area contributed by atoms with Crippen LogP contribution < -0.4 is 5.43 Å². The number of rotatable bonds is 5. The molecule has 1 N–H and O–H groups in total. The second-order valence-corrected chi connectivity index (χ2v) is 6.35. The molecule has 3 heteroatoms. The highest BCUT2D eigenvalue weighted by Gasteiger charge is 2.43. The quantitative estimate of drug-likeness (QED) is 0.659. The molecule has 2 aromatic carbocycles. The summed E-state index contributed by atoms with van der Waals surface area (Å²) < 4.78 is 0. The van der Waals surface area contributed by atoms with Crippen LogP contribution in [-0.2, 0) is 4.79 Å². The molecule has 1 fully saturated rings. The standard InChI is InChI=1S/C20H22N2O/c1-14(2)19(16-11-7-4-8-12-16)21-22-20(23)18-13-17(18)15-9-5-3-6-10-15/h3-12,14,17-18H,13H2,1-2H3,(H,22,23)/b21-19-/t17-,18+/m1/s1. The third-order valence-electron chi connectivity index (χ3n) is 4.26. The highest BCUT2D eigenvalue weighted by Crippen LogP contribution is 2.47. The van der Waals surface area contributed by atoms with E-state index in [1.807, 2.05) is 48.5 Å². The molecular weight excluding hydrogens is 284 g/mol. The molecule has 0 aromatic heterocycles. The maximum Gasteiger partial charge on any atom is 0.243 e. The fraction of sp³-hybridized carbons (Fsp3) is 0.300. The Bertz CT molecular complexity index is 692. The average molecular weight is 306 g/mol. The lowest BCUT2D eigenvalue weighted by Crippen LogP contribution is -2.24. The maximum absolute atomic E-state index is 12.3. The lowest BCUT2D eigenvalue weighted by atomic mass is 10.0. The number of nitrogens with one attached hydrogen (secondary N) is 1. The first-order valence-corrected chi connectivity index (χ1v) is 8.14. The number of hydrogen-bond acceptors (Lipinski definition) is 2. The number of carbonyl (C=O) groups is 1. The first-order valence-electron chi connectivity index (χ1n) is 8.14. The molecule has 1 amide bonds. The zero-order valence-corrected chi connectivity index (χ0v) is 13.6. The summed E-state index contributed by atoms with van der Waals surface area (Å²) in [5, 5.41) is 4.40. The van der Waals surface area contributed by atoms with Gasteiger partial charge in [0.15, 0.2) is 0 Å². The minimum atomic E-state index is 0.0212. The molecule has 1 aliphatic carbocycles. The van der Waals surface area contributed by atoms with E-state index in [1.54, 1.807) is 0 Å². The number of amides is 1. The van der Waals surface area contributed by atoms with Gasteiger partial charge in [0.25, 0.3) is 0 Å². The number of hydrazone groups is 1. The van der Waals surface area contributed by atoms with E-state index in [0.717, 1.165) is 17.7 Å². The number of carbonyl (C=O) groups excluding carboxylic acids is 1. The molecule has 118 valence electrons. The third-order valence-corrected chi connectivity index (χ3v) is 4.26. The number of nitrogens with zero attached hydrogens (tertiary/aromatic N) is 1. The lowest BCUT2D eigenvalue weighted by Gasteiger charge is -2.10. The zero-order valence-electron chi connectivity index (χ0n) is 13.6. The van der Waals surface area contributed by atoms with Crippen molar-refractivity contribution in [2.24, 2.45) is 16.9 Å². The Morgan fingerprint density at radius 2 is 1.65 bits per heavy atom. The summed E-state index contributed by atoms with van der Waals surface area (Å²) in [6.45, 7) is 4.17. The van der Waals surface area contributed by atoms with Gasteiger partial charge < -0.3 is 0 Å². The van der Waals surface area contributed by atoms with Gasteiger partial charge in [0.2, 0.25) is 5.91 Å². The summed E-state index contributed by atoms with van der Waals surface area (Å²) in [6.07, 6.45) is 0.910. The SMILES string of the molecule is CC(C)/C(=N/NC(=O)[C@H]1C[C@@H]1c1ccccc1)c1ccccc1. The van der Waals surface area contributed by atoms with E-state index in [1.165, 1.54) is 5.56 Å². The second kappa shape index (κ2) is 6.78. The van der Waals surface area contributed by atoms with E-state index in [-0.39, 0.29) is 17.7 Å². The number of benzene rings is 2. The van der Waals surface area contributed by atoms with Crippen molar-refractivity contribution in [3.8, 4) is 0 Å². The van der Waals surface area contributed by atoms with E-state index >= 15 is 0 Å². The molecule has 2 aromatic rings. The molecule has 1 saturated carbocycles. The zero-order chi connectivity index (χ0) is 16.2. The Labute approximate surface area is 137 Å². The summed E-state index contributed by atoms with van der Waals surface area (Å²) in [7, 11) is 0. The Kier molecular flexibility index (Phi) is 4.56. The predicted molar refractivity (Wildman–Crippen MR) is 93.2 cm³/mol. The molecule has 3 nitrogen and oxygen atoms in total. The molecule has 2 atom stereocenters. The molecule has 0 radical (unpaired) electrons. The predicted octanol–water partition coefficient (Wildman–Crippen LogP) is 3.97. The van der Waals surface area contributed by atoms with Crippen molar-refractivity contribution in [3.05, 3.63) is 71.8 Å². The van der Waals surface area contributed by atoms with Crippen LogP contribution in [0.15, 0.2) is 65.8 Å². The van der Waals surface area contributed by atoms with Gasteiger partial charge in [0.1, 0.15) is 0 Å². The van der Waals surface area contributed by atoms with E-state index in [9.17, 15) is 4.79 Å². The van der Waals surface area contributed by atoms with Gasteiger partial charge in [-0.3, -0.25) is 4.79 Å². The van der Waals surface area contributed by atoms with Crippen LogP contribution in [0.25, 0.3) is 0 Å². The van der Waals surface area contributed by atoms with Crippen LogP contribution in [0.4, 0.5) is 0 Å². The van der Waals surface area contributed by atoms with Crippen molar-refractivity contribution in [1.29, 1.82) is 0 Å². The Balaban J connectivity index is 1.66. The van der Waals surface area contributed by atoms with Gasteiger partial charge in [0, 0.05) is 5.92 Å². The maximum atomic E-state index is 12.3. The molecule has 0 spiro atoms. The monoisotopic (exact) mass is 306 g/mol. The van der Waals surface area contributed by atoms with Gasteiger partial charge >= 0.3 is 0 Å². The largest absolute Gasteiger partial charge is 0.273 e. The summed E-state index contributed by atoms with van der Waals surface area (Å²) in [4.78, 5) is 12.3. The molecule has 1 aliphatic rings. The van der Waals surface area contributed by atoms with Gasteiger partial charge in [-0.1, -0.05) is 74.5 Å². The minimum Gasteiger partial charge on any atom is -0.273 e. The number of hydrogen-bond donors (Lipinski definition) is 1. The second-order valence-electron chi connectivity index (χ2n) is 6.35. The normalized spacial score (nSPS) is 20.4. The minimum absolute atomic E-state index is 0.0212. The van der Waals surface area contributed by atoms with Crippen molar-refractivity contribution in [1.82, 2.24) is 5.43 Å². The van der Waals surface area contributed by atoms with E-state index in [4.69, 9.17) is 0 Å². The molecule has 23 heavy (non-hydrogen) atoms. The van der Waals surface area contributed by atoms with Crippen LogP contribution in [0.2, 0.25) is 0 Å². The Morgan fingerprint density at radius 1 is 1.04 bits per heavy atom. The Morgan fingerprint density at radius 3 is 2.26 bits per heavy atom. The Hall–Kier alpha value is -2.42. The van der Waals surface area contributed by atoms with Gasteiger partial charge in [-0.2, -0.15) is 5.10 Å². The van der Waals surface area contributed by atoms with Crippen molar-refractivity contribution in [3.63, 3.8) is 0 Å². The van der Waals surface area contributed by atoms with Crippen molar-refractivity contribution in [2.45, 2.75) is 26.2 Å². The van der Waals surface area contributed by atoms with Crippen LogP contribution in [0.3, 0.4) is 0 Å². The highest BCUT2D eigenvalue weighted by molar-refractivity contribution is 6.02. The van der Waals surface area contributed by atoms with Crippen LogP contribution >= 0.6 is 0 Å². The molecule has 0 aliphatic heterocycles. The smallest absolute Gasteiger partial charge is 0.243 e. The first-order chi connectivity index (χ1) is 11.2. The lowest BCUT2D eigenvalue weighted by molar-refractivity contribution is -0.122. The fourth-order valence-corrected chi connectivity index (χ4v) is 2.89. The molecule has 0 bridgehead atoms. The fourth-order valence-electron chi connectivity index (χ4n) is 2.89. The summed E-state index contributed by atoms with van der Waals surface area (Å²) in [5.74, 6) is 0.658. The van der Waals surface area contributed by atoms with Gasteiger partial charge in [0.05, 0.1) is 5.71 Å². The average Bonchev–Trinajstić information content (AvgIpc) is 3.37. The molecule has 0 saturated heterocycles. The topological polar surface area (TPSA) is 41.5 Å². The molecule has 0 unspecified atom stereocenters. The molecule has 3 rings (SSSR count). The first kappa shape index (κ1) is 15.5. The van der Waals surface area contributed by atoms with Gasteiger partial charge in [-0.25, -0.2) is 5.43 Å². The van der Waals surface area contributed by atoms with Crippen LogP contribution in [0.1, 0.15) is 37.3 Å². The van der Waals surface area contributed by atoms with Gasteiger partial charge in [-0.05, 0) is 29.4 Å². The third kappa shape index (κ3) is 3.67. The van der Waals surface area contributed by atoms with Crippen molar-refractivity contribution in [2.75, 3.05) is 0 Å². The van der Waals surface area contributed by atoms with Crippen molar-refractivity contribution < 1.29 is 4.79 Å². The van der Waals surface area contributed by atoms with Crippen LogP contribution in [-0.4, -0.2) is 11.6 Å². The van der Waals surface area contributed by atoms with E-state index in [2.05, 4.69) is 36.5 Å². The summed E-state index contributed by atoms with van der Waals surface area (Å²) >= 11 is 0. The van der Waals surface area contributed by atoms with Gasteiger partial charge in [-0.15, -0.1) is 0 Å². The van der Waals surface area contributed by atoms with E-state index < -0.39 is 0 Å². The van der Waals surface area contributed by atoms with Crippen LogP contribution in [0.5, 0.6) is 0 Å². The van der Waals surface area contributed by atoms with E-state index in [0.29, 0.717) is 5.92 Å². The summed E-state index contributed by atoms with van der Waals surface area (Å²) in [5.41, 5.74) is 5.98. The molecule has 0 heterocycles. The van der Waals surface area contributed by atoms with Crippen molar-refractivity contribution >= 4 is 11.6 Å². The highest BCUT2D eigenvalue weighted by atomic mass is 16.2. The summed E-state index contributed by atoms with van der Waals surface area (Å²) in [6, 6.07) is 20.2. The van der Waals surface area contributed by atoms with Crippen LogP contribution in [0, 0.1) is 11.8 Å². The molecular formula is C20H22N2O.